The first-order valence-electron chi connectivity index (χ1n) is 8.42. The van der Waals surface area contributed by atoms with Crippen molar-refractivity contribution >= 4 is 16.7 Å². The number of fused-ring (bicyclic) bond motifs is 1. The molecule has 1 amide bonds. The molecule has 1 fully saturated rings. The minimum atomic E-state index is -1.22. The van der Waals surface area contributed by atoms with Crippen LogP contribution in [0.15, 0.2) is 23.1 Å². The number of carbonyl (C=O) groups excluding carboxylic acids is 1. The second-order valence-electron chi connectivity index (χ2n) is 6.25. The van der Waals surface area contributed by atoms with Crippen LogP contribution in [0.4, 0.5) is 0 Å². The molecule has 6 nitrogen and oxygen atoms in total. The van der Waals surface area contributed by atoms with Crippen molar-refractivity contribution in [2.45, 2.75) is 43.2 Å². The van der Waals surface area contributed by atoms with Crippen LogP contribution >= 0.6 is 0 Å². The number of carbonyl (C=O) groups is 1. The van der Waals surface area contributed by atoms with E-state index in [9.17, 15) is 9.00 Å². The highest BCUT2D eigenvalue weighted by molar-refractivity contribution is 7.85. The maximum Gasteiger partial charge on any atom is 0.221 e. The molecule has 0 saturated carbocycles. The van der Waals surface area contributed by atoms with Crippen molar-refractivity contribution in [2.75, 3.05) is 25.5 Å². The summed E-state index contributed by atoms with van der Waals surface area (Å²) in [5.41, 5.74) is 0. The Morgan fingerprint density at radius 3 is 2.92 bits per heavy atom. The lowest BCUT2D eigenvalue weighted by atomic mass is 10.0. The average Bonchev–Trinajstić information content (AvgIpc) is 2.59. The second kappa shape index (κ2) is 7.98. The summed E-state index contributed by atoms with van der Waals surface area (Å²) in [4.78, 5) is 12.7. The summed E-state index contributed by atoms with van der Waals surface area (Å²) in [6, 6.07) is 5.94. The number of rotatable bonds is 5. The first-order chi connectivity index (χ1) is 11.6. The number of ether oxygens (including phenoxy) is 2. The smallest absolute Gasteiger partial charge is 0.221 e. The van der Waals surface area contributed by atoms with Crippen molar-refractivity contribution in [3.63, 3.8) is 0 Å². The topological polar surface area (TPSA) is 76.7 Å². The lowest BCUT2D eigenvalue weighted by molar-refractivity contribution is -0.121. The van der Waals surface area contributed by atoms with Crippen molar-refractivity contribution in [1.29, 1.82) is 0 Å². The van der Waals surface area contributed by atoms with Gasteiger partial charge in [0.25, 0.3) is 0 Å². The summed E-state index contributed by atoms with van der Waals surface area (Å²) in [5.74, 6) is 1.59. The van der Waals surface area contributed by atoms with E-state index in [-0.39, 0.29) is 18.4 Å². The summed E-state index contributed by atoms with van der Waals surface area (Å²) >= 11 is 0. The molecule has 2 aliphatic heterocycles. The van der Waals surface area contributed by atoms with Gasteiger partial charge in [-0.05, 0) is 38.4 Å². The predicted octanol–water partition coefficient (Wildman–Crippen LogP) is 1.21. The van der Waals surface area contributed by atoms with Crippen LogP contribution in [0.25, 0.3) is 0 Å². The quantitative estimate of drug-likeness (QED) is 0.833. The molecule has 2 aliphatic rings. The second-order valence-corrected chi connectivity index (χ2v) is 7.82. The van der Waals surface area contributed by atoms with Gasteiger partial charge in [-0.25, -0.2) is 0 Å². The van der Waals surface area contributed by atoms with Gasteiger partial charge in [0.05, 0.1) is 10.8 Å². The van der Waals surface area contributed by atoms with Crippen LogP contribution in [-0.2, 0) is 15.6 Å². The minimum Gasteiger partial charge on any atom is -0.486 e. The van der Waals surface area contributed by atoms with Crippen molar-refractivity contribution in [2.24, 2.45) is 0 Å². The zero-order valence-electron chi connectivity index (χ0n) is 13.9. The van der Waals surface area contributed by atoms with Crippen molar-refractivity contribution in [3.05, 3.63) is 18.2 Å². The van der Waals surface area contributed by atoms with Gasteiger partial charge in [0.2, 0.25) is 5.91 Å². The zero-order valence-corrected chi connectivity index (χ0v) is 14.7. The third kappa shape index (κ3) is 4.48. The molecule has 1 saturated heterocycles. The zero-order chi connectivity index (χ0) is 16.9. The van der Waals surface area contributed by atoms with E-state index in [0.29, 0.717) is 41.4 Å². The van der Waals surface area contributed by atoms with Crippen molar-refractivity contribution in [3.8, 4) is 11.5 Å². The van der Waals surface area contributed by atoms with Crippen LogP contribution in [-0.4, -0.2) is 47.7 Å². The Balaban J connectivity index is 1.49. The molecule has 7 heteroatoms. The molecule has 24 heavy (non-hydrogen) atoms. The van der Waals surface area contributed by atoms with E-state index in [1.54, 1.807) is 18.2 Å². The molecule has 3 atom stereocenters. The number of amides is 1. The van der Waals surface area contributed by atoms with Crippen LogP contribution < -0.4 is 20.1 Å². The Labute approximate surface area is 144 Å². The first-order valence-corrected chi connectivity index (χ1v) is 9.74. The summed E-state index contributed by atoms with van der Waals surface area (Å²) in [5, 5.41) is 6.41. The highest BCUT2D eigenvalue weighted by atomic mass is 32.2. The molecule has 3 rings (SSSR count). The Morgan fingerprint density at radius 2 is 2.12 bits per heavy atom. The normalized spacial score (nSPS) is 24.2. The van der Waals surface area contributed by atoms with E-state index in [4.69, 9.17) is 9.47 Å². The molecule has 2 heterocycles. The minimum absolute atomic E-state index is 0.0278. The molecule has 0 radical (unpaired) electrons. The van der Waals surface area contributed by atoms with Gasteiger partial charge in [-0.1, -0.05) is 0 Å². The van der Waals surface area contributed by atoms with E-state index in [0.717, 1.165) is 19.4 Å². The molecule has 132 valence electrons. The van der Waals surface area contributed by atoms with Gasteiger partial charge in [-0.15, -0.1) is 0 Å². The van der Waals surface area contributed by atoms with E-state index < -0.39 is 10.8 Å². The molecule has 1 aromatic carbocycles. The highest BCUT2D eigenvalue weighted by Crippen LogP contribution is 2.31. The van der Waals surface area contributed by atoms with Crippen molar-refractivity contribution < 1.29 is 18.5 Å². The monoisotopic (exact) mass is 352 g/mol. The maximum absolute atomic E-state index is 12.4. The van der Waals surface area contributed by atoms with E-state index >= 15 is 0 Å². The van der Waals surface area contributed by atoms with Gasteiger partial charge >= 0.3 is 0 Å². The Hall–Kier alpha value is -1.60. The summed E-state index contributed by atoms with van der Waals surface area (Å²) in [6.07, 6.45) is 2.15. The molecule has 1 aromatic rings. The van der Waals surface area contributed by atoms with Crippen LogP contribution in [0.1, 0.15) is 26.2 Å². The van der Waals surface area contributed by atoms with E-state index in [1.165, 1.54) is 0 Å². The third-order valence-electron chi connectivity index (χ3n) is 4.28. The molecule has 0 bridgehead atoms. The standard InChI is InChI=1S/C17H24N2O4S/c1-12-10-13(4-6-18-12)19-17(20)5-9-24(21)14-2-3-15-16(11-14)23-8-7-22-15/h2-3,11-13,18H,4-10H2,1H3,(H,19,20). The third-order valence-corrected chi connectivity index (χ3v) is 5.63. The Bertz CT molecular complexity index is 623. The highest BCUT2D eigenvalue weighted by Gasteiger charge is 2.20. The van der Waals surface area contributed by atoms with Gasteiger partial charge in [0.1, 0.15) is 13.2 Å². The lowest BCUT2D eigenvalue weighted by Crippen LogP contribution is -2.46. The van der Waals surface area contributed by atoms with Crippen LogP contribution in [0.5, 0.6) is 11.5 Å². The largest absolute Gasteiger partial charge is 0.486 e. The van der Waals surface area contributed by atoms with Crippen LogP contribution in [0, 0.1) is 0 Å². The summed E-state index contributed by atoms with van der Waals surface area (Å²) < 4.78 is 23.4. The Morgan fingerprint density at radius 1 is 1.33 bits per heavy atom. The summed E-state index contributed by atoms with van der Waals surface area (Å²) in [6.45, 7) is 4.08. The summed E-state index contributed by atoms with van der Waals surface area (Å²) in [7, 11) is -1.22. The fourth-order valence-corrected chi connectivity index (χ4v) is 4.10. The molecule has 0 spiro atoms. The van der Waals surface area contributed by atoms with Crippen LogP contribution in [0.2, 0.25) is 0 Å². The average molecular weight is 352 g/mol. The molecular weight excluding hydrogens is 328 g/mol. The van der Waals surface area contributed by atoms with Gasteiger partial charge in [-0.2, -0.15) is 0 Å². The number of benzene rings is 1. The van der Waals surface area contributed by atoms with Gasteiger partial charge < -0.3 is 20.1 Å². The van der Waals surface area contributed by atoms with Crippen LogP contribution in [0.3, 0.4) is 0 Å². The van der Waals surface area contributed by atoms with Gasteiger partial charge in [0.15, 0.2) is 11.5 Å². The van der Waals surface area contributed by atoms with Crippen molar-refractivity contribution in [1.82, 2.24) is 10.6 Å². The number of hydrogen-bond donors (Lipinski definition) is 2. The fraction of sp³-hybridized carbons (Fsp3) is 0.588. The maximum atomic E-state index is 12.4. The molecule has 0 aromatic heterocycles. The molecule has 2 N–H and O–H groups in total. The van der Waals surface area contributed by atoms with E-state index in [2.05, 4.69) is 17.6 Å². The van der Waals surface area contributed by atoms with Gasteiger partial charge in [-0.3, -0.25) is 9.00 Å². The number of hydrogen-bond acceptors (Lipinski definition) is 5. The van der Waals surface area contributed by atoms with E-state index in [1.807, 2.05) is 0 Å². The van der Waals surface area contributed by atoms with Gasteiger partial charge in [0, 0.05) is 35.2 Å². The SMILES string of the molecule is CC1CC(NC(=O)CCS(=O)c2ccc3c(c2)OCCO3)CCN1. The number of piperidine rings is 1. The molecular formula is C17H24N2O4S. The fourth-order valence-electron chi connectivity index (χ4n) is 3.03. The predicted molar refractivity (Wildman–Crippen MR) is 92.0 cm³/mol. The lowest BCUT2D eigenvalue weighted by Gasteiger charge is -2.28. The molecule has 3 unspecified atom stereocenters. The Kier molecular flexibility index (Phi) is 5.73. The number of nitrogens with one attached hydrogen (secondary N) is 2. The molecule has 0 aliphatic carbocycles. The first kappa shape index (κ1) is 17.2.